The van der Waals surface area contributed by atoms with E-state index in [2.05, 4.69) is 0 Å². The molecule has 0 saturated heterocycles. The van der Waals surface area contributed by atoms with Gasteiger partial charge in [0.2, 0.25) is 5.60 Å². The summed E-state index contributed by atoms with van der Waals surface area (Å²) in [4.78, 5) is 0. The van der Waals surface area contributed by atoms with E-state index in [1.807, 2.05) is 0 Å². The molecule has 1 nitrogen and oxygen atoms in total. The lowest BCUT2D eigenvalue weighted by atomic mass is 9.91. The van der Waals surface area contributed by atoms with Crippen molar-refractivity contribution in [2.75, 3.05) is 0 Å². The molecular weight excluding hydrogens is 303 g/mol. The molecule has 0 heterocycles. The number of benzene rings is 2. The molecule has 1 atom stereocenters. The van der Waals surface area contributed by atoms with E-state index in [-0.39, 0.29) is 5.56 Å². The maximum atomic E-state index is 13.7. The minimum absolute atomic E-state index is 0.110. The van der Waals surface area contributed by atoms with Crippen molar-refractivity contribution in [3.8, 4) is 0 Å². The third-order valence-electron chi connectivity index (χ3n) is 3.08. The summed E-state index contributed by atoms with van der Waals surface area (Å²) in [5.74, 6) is -1.82. The van der Waals surface area contributed by atoms with Gasteiger partial charge in [-0.15, -0.1) is 0 Å². The van der Waals surface area contributed by atoms with Crippen LogP contribution in [0.15, 0.2) is 54.6 Å². The molecule has 2 aromatic rings. The van der Waals surface area contributed by atoms with Gasteiger partial charge < -0.3 is 5.11 Å². The van der Waals surface area contributed by atoms with Gasteiger partial charge in [0.05, 0.1) is 0 Å². The number of hydrogen-bond acceptors (Lipinski definition) is 1. The summed E-state index contributed by atoms with van der Waals surface area (Å²) >= 11 is 0. The zero-order chi connectivity index (χ0) is 16.4. The smallest absolute Gasteiger partial charge is 0.373 e. The Morgan fingerprint density at radius 1 is 0.909 bits per heavy atom. The minimum atomic E-state index is -5.14. The summed E-state index contributed by atoms with van der Waals surface area (Å²) < 4.78 is 66.3. The van der Waals surface area contributed by atoms with E-state index in [9.17, 15) is 27.1 Å². The molecule has 0 aromatic heterocycles. The molecule has 1 N–H and O–H groups in total. The first-order valence-electron chi connectivity index (χ1n) is 6.23. The fraction of sp³-hybridized carbons (Fsp3) is 0.125. The Bertz CT molecular complexity index is 693. The predicted octanol–water partition coefficient (Wildman–Crippen LogP) is 4.43. The molecule has 0 aliphatic heterocycles. The molecular formula is C16H11F5O. The van der Waals surface area contributed by atoms with Crippen LogP contribution in [0.3, 0.4) is 0 Å². The van der Waals surface area contributed by atoms with Gasteiger partial charge >= 0.3 is 6.18 Å². The van der Waals surface area contributed by atoms with Gasteiger partial charge in [0.15, 0.2) is 0 Å². The highest BCUT2D eigenvalue weighted by Gasteiger charge is 2.54. The van der Waals surface area contributed by atoms with Gasteiger partial charge in [0.1, 0.15) is 11.6 Å². The Labute approximate surface area is 123 Å². The van der Waals surface area contributed by atoms with Crippen LogP contribution in [0.2, 0.25) is 0 Å². The number of hydrogen-bond donors (Lipinski definition) is 1. The molecule has 2 aromatic carbocycles. The molecule has 0 saturated carbocycles. The second kappa shape index (κ2) is 5.88. The highest BCUT2D eigenvalue weighted by molar-refractivity contribution is 5.52. The second-order valence-electron chi connectivity index (χ2n) is 4.63. The predicted molar refractivity (Wildman–Crippen MR) is 71.8 cm³/mol. The van der Waals surface area contributed by atoms with Gasteiger partial charge in [-0.2, -0.15) is 13.2 Å². The molecule has 2 rings (SSSR count). The Kier molecular flexibility index (Phi) is 4.32. The van der Waals surface area contributed by atoms with Crippen LogP contribution < -0.4 is 0 Å². The summed E-state index contributed by atoms with van der Waals surface area (Å²) in [6.45, 7) is 0. The number of alkyl halides is 3. The van der Waals surface area contributed by atoms with E-state index in [1.54, 1.807) is 0 Å². The quantitative estimate of drug-likeness (QED) is 0.831. The van der Waals surface area contributed by atoms with Crippen molar-refractivity contribution in [3.63, 3.8) is 0 Å². The Hall–Kier alpha value is -2.21. The van der Waals surface area contributed by atoms with E-state index < -0.39 is 29.0 Å². The molecule has 0 radical (unpaired) electrons. The fourth-order valence-corrected chi connectivity index (χ4v) is 1.93. The molecule has 0 spiro atoms. The molecule has 1 unspecified atom stereocenters. The van der Waals surface area contributed by atoms with Gasteiger partial charge in [-0.1, -0.05) is 36.4 Å². The average molecular weight is 314 g/mol. The highest BCUT2D eigenvalue weighted by atomic mass is 19.4. The average Bonchev–Trinajstić information content (AvgIpc) is 2.44. The Morgan fingerprint density at radius 3 is 2.18 bits per heavy atom. The second-order valence-corrected chi connectivity index (χ2v) is 4.63. The molecule has 6 heteroatoms. The maximum absolute atomic E-state index is 13.7. The summed E-state index contributed by atoms with van der Waals surface area (Å²) in [6, 6.07) is 8.86. The molecule has 22 heavy (non-hydrogen) atoms. The lowest BCUT2D eigenvalue weighted by molar-refractivity contribution is -0.245. The van der Waals surface area contributed by atoms with Gasteiger partial charge in [-0.25, -0.2) is 8.78 Å². The van der Waals surface area contributed by atoms with Crippen molar-refractivity contribution in [1.29, 1.82) is 0 Å². The molecule has 0 aliphatic rings. The van der Waals surface area contributed by atoms with Crippen LogP contribution in [0, 0.1) is 11.6 Å². The van der Waals surface area contributed by atoms with Crippen molar-refractivity contribution in [2.45, 2.75) is 11.8 Å². The monoisotopic (exact) mass is 314 g/mol. The van der Waals surface area contributed by atoms with E-state index >= 15 is 0 Å². The van der Waals surface area contributed by atoms with Gasteiger partial charge in [-0.3, -0.25) is 0 Å². The number of aliphatic hydroxyl groups is 1. The SMILES string of the molecule is OC(C=Cc1cccc(F)c1)(c1ccccc1F)C(F)(F)F. The van der Waals surface area contributed by atoms with E-state index in [0.717, 1.165) is 30.3 Å². The zero-order valence-corrected chi connectivity index (χ0v) is 11.1. The van der Waals surface area contributed by atoms with Crippen LogP contribution in [0.5, 0.6) is 0 Å². The van der Waals surface area contributed by atoms with Gasteiger partial charge in [-0.05, 0) is 29.8 Å². The lowest BCUT2D eigenvalue weighted by Crippen LogP contribution is -2.41. The molecule has 0 bridgehead atoms. The van der Waals surface area contributed by atoms with Crippen LogP contribution in [-0.2, 0) is 5.60 Å². The Morgan fingerprint density at radius 2 is 1.59 bits per heavy atom. The molecule has 0 aliphatic carbocycles. The zero-order valence-electron chi connectivity index (χ0n) is 11.1. The maximum Gasteiger partial charge on any atom is 0.425 e. The summed E-state index contributed by atoms with van der Waals surface area (Å²) in [5, 5.41) is 9.99. The van der Waals surface area contributed by atoms with Crippen LogP contribution in [-0.4, -0.2) is 11.3 Å². The first kappa shape index (κ1) is 16.2. The largest absolute Gasteiger partial charge is 0.425 e. The van der Waals surface area contributed by atoms with Crippen molar-refractivity contribution in [2.24, 2.45) is 0 Å². The lowest BCUT2D eigenvalue weighted by Gasteiger charge is -2.28. The number of halogens is 5. The van der Waals surface area contributed by atoms with Gasteiger partial charge in [0, 0.05) is 5.56 Å². The minimum Gasteiger partial charge on any atom is -0.373 e. The van der Waals surface area contributed by atoms with E-state index in [4.69, 9.17) is 0 Å². The molecule has 0 fully saturated rings. The third kappa shape index (κ3) is 3.17. The van der Waals surface area contributed by atoms with Crippen LogP contribution in [0.25, 0.3) is 6.08 Å². The Balaban J connectivity index is 2.50. The van der Waals surface area contributed by atoms with E-state index in [1.165, 1.54) is 24.3 Å². The summed E-state index contributed by atoms with van der Waals surface area (Å²) in [5.41, 5.74) is -4.32. The molecule has 0 amide bonds. The topological polar surface area (TPSA) is 20.2 Å². The standard InChI is InChI=1S/C16H11F5O/c17-12-5-3-4-11(10-12)8-9-15(22,16(19,20)21)13-6-1-2-7-14(13)18/h1-10,22H. The summed E-state index contributed by atoms with van der Waals surface area (Å²) in [6.07, 6.45) is -3.85. The highest BCUT2D eigenvalue weighted by Crippen LogP contribution is 2.41. The fourth-order valence-electron chi connectivity index (χ4n) is 1.93. The van der Waals surface area contributed by atoms with Gasteiger partial charge in [0.25, 0.3) is 0 Å². The number of rotatable bonds is 3. The summed E-state index contributed by atoms with van der Waals surface area (Å²) in [7, 11) is 0. The van der Waals surface area contributed by atoms with Crippen LogP contribution in [0.1, 0.15) is 11.1 Å². The van der Waals surface area contributed by atoms with Crippen molar-refractivity contribution in [1.82, 2.24) is 0 Å². The third-order valence-corrected chi connectivity index (χ3v) is 3.08. The van der Waals surface area contributed by atoms with Crippen LogP contribution >= 0.6 is 0 Å². The normalized spacial score (nSPS) is 15.0. The first-order chi connectivity index (χ1) is 10.2. The van der Waals surface area contributed by atoms with E-state index in [0.29, 0.717) is 6.08 Å². The van der Waals surface area contributed by atoms with Crippen LogP contribution in [0.4, 0.5) is 22.0 Å². The molecule has 116 valence electrons. The van der Waals surface area contributed by atoms with Crippen molar-refractivity contribution in [3.05, 3.63) is 77.4 Å². The van der Waals surface area contributed by atoms with Crippen molar-refractivity contribution >= 4 is 6.08 Å². The van der Waals surface area contributed by atoms with Crippen molar-refractivity contribution < 1.29 is 27.1 Å². The first-order valence-corrected chi connectivity index (χ1v) is 6.23.